The van der Waals surface area contributed by atoms with Crippen molar-refractivity contribution in [2.45, 2.75) is 31.3 Å². The van der Waals surface area contributed by atoms with E-state index in [-0.39, 0.29) is 11.0 Å². The number of thiophene rings is 1. The topological polar surface area (TPSA) is 73.2 Å². The fraction of sp³-hybridized carbons (Fsp3) is 0.316. The fourth-order valence-corrected chi connectivity index (χ4v) is 4.53. The molecule has 0 atom stereocenters. The molecule has 0 bridgehead atoms. The van der Waals surface area contributed by atoms with Gasteiger partial charge in [-0.1, -0.05) is 24.3 Å². The minimum Gasteiger partial charge on any atom is -0.379 e. The van der Waals surface area contributed by atoms with Crippen LogP contribution in [0, 0.1) is 0 Å². The maximum atomic E-state index is 12.9. The van der Waals surface area contributed by atoms with Crippen LogP contribution in [0.4, 0.5) is 0 Å². The molecule has 0 unspecified atom stereocenters. The van der Waals surface area contributed by atoms with Crippen LogP contribution >= 0.6 is 11.3 Å². The number of hydrogen-bond acceptors (Lipinski definition) is 5. The van der Waals surface area contributed by atoms with Crippen LogP contribution in [0.2, 0.25) is 0 Å². The van der Waals surface area contributed by atoms with Crippen LogP contribution in [-0.4, -0.2) is 37.5 Å². The van der Waals surface area contributed by atoms with E-state index in [1.165, 1.54) is 11.3 Å². The molecule has 0 aliphatic carbocycles. The molecule has 2 heterocycles. The van der Waals surface area contributed by atoms with Gasteiger partial charge in [-0.25, -0.2) is 17.8 Å². The molecule has 0 saturated carbocycles. The minimum absolute atomic E-state index is 0.135. The van der Waals surface area contributed by atoms with Crippen LogP contribution in [0.5, 0.6) is 0 Å². The number of nitrogens with one attached hydrogen (secondary N) is 1. The normalized spacial score (nSPS) is 12.0. The summed E-state index contributed by atoms with van der Waals surface area (Å²) < 4.78 is 35.5. The van der Waals surface area contributed by atoms with Gasteiger partial charge in [-0.15, -0.1) is 11.3 Å². The molecule has 0 aliphatic rings. The van der Waals surface area contributed by atoms with Gasteiger partial charge in [0.1, 0.15) is 10.6 Å². The Kier molecular flexibility index (Phi) is 6.43. The molecule has 0 fully saturated rings. The number of nitrogens with zero attached hydrogens (tertiary/aromatic N) is 2. The summed E-state index contributed by atoms with van der Waals surface area (Å²) in [5, 5.41) is 6.45. The molecule has 144 valence electrons. The number of para-hydroxylation sites is 1. The van der Waals surface area contributed by atoms with Gasteiger partial charge in [0.2, 0.25) is 10.0 Å². The number of aromatic nitrogens is 2. The van der Waals surface area contributed by atoms with Crippen LogP contribution in [0.25, 0.3) is 16.3 Å². The van der Waals surface area contributed by atoms with Gasteiger partial charge in [0.15, 0.2) is 0 Å². The standard InChI is InChI=1S/C19H23N3O3S2/c1-15(2)25-12-7-11-20-27(23,24)18-14-22(16-8-4-3-5-9-16)21-19(18)17-10-6-13-26-17/h3-6,8-10,13-15,20H,7,11-12H2,1-2H3. The van der Waals surface area contributed by atoms with Crippen LogP contribution in [0.1, 0.15) is 20.3 Å². The fourth-order valence-electron chi connectivity index (χ4n) is 2.53. The Labute approximate surface area is 163 Å². The van der Waals surface area contributed by atoms with Gasteiger partial charge < -0.3 is 4.74 Å². The number of hydrogen-bond donors (Lipinski definition) is 1. The first-order valence-electron chi connectivity index (χ1n) is 8.77. The van der Waals surface area contributed by atoms with E-state index < -0.39 is 10.0 Å². The Morgan fingerprint density at radius 2 is 1.96 bits per heavy atom. The summed E-state index contributed by atoms with van der Waals surface area (Å²) in [6.07, 6.45) is 2.31. The second kappa shape index (κ2) is 8.79. The van der Waals surface area contributed by atoms with Gasteiger partial charge in [0.25, 0.3) is 0 Å². The Bertz CT molecular complexity index is 950. The third-order valence-electron chi connectivity index (χ3n) is 3.81. The molecule has 1 N–H and O–H groups in total. The molecule has 1 aromatic carbocycles. The summed E-state index contributed by atoms with van der Waals surface area (Å²) in [7, 11) is -3.69. The van der Waals surface area contributed by atoms with Gasteiger partial charge in [-0.05, 0) is 43.8 Å². The van der Waals surface area contributed by atoms with Crippen LogP contribution in [-0.2, 0) is 14.8 Å². The number of ether oxygens (including phenoxy) is 1. The molecule has 8 heteroatoms. The zero-order valence-electron chi connectivity index (χ0n) is 15.3. The van der Waals surface area contributed by atoms with Crippen molar-refractivity contribution in [1.82, 2.24) is 14.5 Å². The molecule has 6 nitrogen and oxygen atoms in total. The smallest absolute Gasteiger partial charge is 0.244 e. The van der Waals surface area contributed by atoms with E-state index in [1.807, 2.05) is 61.7 Å². The van der Waals surface area contributed by atoms with Gasteiger partial charge in [0.05, 0.1) is 22.9 Å². The van der Waals surface area contributed by atoms with Gasteiger partial charge >= 0.3 is 0 Å². The van der Waals surface area contributed by atoms with E-state index >= 15 is 0 Å². The molecular weight excluding hydrogens is 382 g/mol. The summed E-state index contributed by atoms with van der Waals surface area (Å²) >= 11 is 1.46. The first-order chi connectivity index (χ1) is 13.0. The Balaban J connectivity index is 1.85. The lowest BCUT2D eigenvalue weighted by Gasteiger charge is -2.08. The summed E-state index contributed by atoms with van der Waals surface area (Å²) in [6, 6.07) is 13.2. The Morgan fingerprint density at radius 3 is 2.63 bits per heavy atom. The molecule has 3 rings (SSSR count). The number of benzene rings is 1. The molecular formula is C19H23N3O3S2. The Morgan fingerprint density at radius 1 is 1.19 bits per heavy atom. The summed E-state index contributed by atoms with van der Waals surface area (Å²) in [5.74, 6) is 0. The van der Waals surface area contributed by atoms with Crippen molar-refractivity contribution in [3.05, 3.63) is 54.0 Å². The lowest BCUT2D eigenvalue weighted by molar-refractivity contribution is 0.0778. The highest BCUT2D eigenvalue weighted by Gasteiger charge is 2.24. The highest BCUT2D eigenvalue weighted by molar-refractivity contribution is 7.89. The molecule has 2 aromatic heterocycles. The van der Waals surface area contributed by atoms with E-state index in [1.54, 1.807) is 10.9 Å². The average molecular weight is 406 g/mol. The van der Waals surface area contributed by atoms with Crippen molar-refractivity contribution in [3.8, 4) is 16.3 Å². The Hall–Kier alpha value is -2.00. The minimum atomic E-state index is -3.69. The second-order valence-electron chi connectivity index (χ2n) is 6.27. The quantitative estimate of drug-likeness (QED) is 0.551. The lowest BCUT2D eigenvalue weighted by Crippen LogP contribution is -2.26. The van der Waals surface area contributed by atoms with E-state index in [0.29, 0.717) is 25.3 Å². The van der Waals surface area contributed by atoms with Gasteiger partial charge in [-0.2, -0.15) is 5.10 Å². The van der Waals surface area contributed by atoms with Crippen molar-refractivity contribution in [2.24, 2.45) is 0 Å². The molecule has 27 heavy (non-hydrogen) atoms. The lowest BCUT2D eigenvalue weighted by atomic mass is 10.3. The van der Waals surface area contributed by atoms with Crippen molar-refractivity contribution in [3.63, 3.8) is 0 Å². The van der Waals surface area contributed by atoms with Gasteiger partial charge in [0, 0.05) is 13.2 Å². The summed E-state index contributed by atoms with van der Waals surface area (Å²) in [6.45, 7) is 4.74. The van der Waals surface area contributed by atoms with Crippen LogP contribution in [0.15, 0.2) is 58.9 Å². The number of rotatable bonds is 9. The summed E-state index contributed by atoms with van der Waals surface area (Å²) in [4.78, 5) is 0.992. The maximum absolute atomic E-state index is 12.9. The molecule has 0 saturated heterocycles. The largest absolute Gasteiger partial charge is 0.379 e. The molecule has 0 amide bonds. The molecule has 3 aromatic rings. The van der Waals surface area contributed by atoms with Crippen LogP contribution < -0.4 is 4.72 Å². The predicted molar refractivity (Wildman–Crippen MR) is 108 cm³/mol. The highest BCUT2D eigenvalue weighted by Crippen LogP contribution is 2.30. The van der Waals surface area contributed by atoms with Crippen LogP contribution in [0.3, 0.4) is 0 Å². The first-order valence-corrected chi connectivity index (χ1v) is 11.1. The zero-order chi connectivity index (χ0) is 19.3. The van der Waals surface area contributed by atoms with Crippen molar-refractivity contribution >= 4 is 21.4 Å². The SMILES string of the molecule is CC(C)OCCCNS(=O)(=O)c1cn(-c2ccccc2)nc1-c1cccs1. The monoisotopic (exact) mass is 405 g/mol. The van der Waals surface area contributed by atoms with Crippen molar-refractivity contribution in [2.75, 3.05) is 13.2 Å². The van der Waals surface area contributed by atoms with Crippen molar-refractivity contribution < 1.29 is 13.2 Å². The second-order valence-corrected chi connectivity index (χ2v) is 8.95. The highest BCUT2D eigenvalue weighted by atomic mass is 32.2. The van der Waals surface area contributed by atoms with Crippen molar-refractivity contribution in [1.29, 1.82) is 0 Å². The van der Waals surface area contributed by atoms with E-state index in [2.05, 4.69) is 9.82 Å². The maximum Gasteiger partial charge on any atom is 0.244 e. The van der Waals surface area contributed by atoms with E-state index in [9.17, 15) is 8.42 Å². The third kappa shape index (κ3) is 5.04. The summed E-state index contributed by atoms with van der Waals surface area (Å²) in [5.41, 5.74) is 1.27. The molecule has 0 radical (unpaired) electrons. The number of sulfonamides is 1. The zero-order valence-corrected chi connectivity index (χ0v) is 17.0. The molecule has 0 aliphatic heterocycles. The van der Waals surface area contributed by atoms with E-state index in [0.717, 1.165) is 10.6 Å². The van der Waals surface area contributed by atoms with Gasteiger partial charge in [-0.3, -0.25) is 0 Å². The third-order valence-corrected chi connectivity index (χ3v) is 6.15. The molecule has 0 spiro atoms. The first kappa shape index (κ1) is 19.8. The van der Waals surface area contributed by atoms with E-state index in [4.69, 9.17) is 4.74 Å². The average Bonchev–Trinajstić information content (AvgIpc) is 3.31. The predicted octanol–water partition coefficient (Wildman–Crippen LogP) is 3.69.